The molecule has 0 aliphatic carbocycles. The van der Waals surface area contributed by atoms with Crippen LogP contribution in [0.2, 0.25) is 0 Å². The van der Waals surface area contributed by atoms with Gasteiger partial charge in [0.25, 0.3) is 5.89 Å². The first-order chi connectivity index (χ1) is 9.12. The summed E-state index contributed by atoms with van der Waals surface area (Å²) in [6.45, 7) is 5.09. The van der Waals surface area contributed by atoms with Gasteiger partial charge in [-0.3, -0.25) is 0 Å². The van der Waals surface area contributed by atoms with Crippen LogP contribution in [0.3, 0.4) is 0 Å². The number of aromatic nitrogens is 3. The van der Waals surface area contributed by atoms with Gasteiger partial charge in [0.2, 0.25) is 5.82 Å². The number of rotatable bonds is 3. The molecule has 1 unspecified atom stereocenters. The van der Waals surface area contributed by atoms with Crippen molar-refractivity contribution in [2.24, 2.45) is 5.73 Å². The molecule has 19 heavy (non-hydrogen) atoms. The normalized spacial score (nSPS) is 23.1. The summed E-state index contributed by atoms with van der Waals surface area (Å²) >= 11 is 1.49. The SMILES string of the molecule is Cc1nc(CN)sc1-c1nc(C2(C)CCCO2)no1. The van der Waals surface area contributed by atoms with Crippen LogP contribution in [-0.2, 0) is 16.9 Å². The molecule has 0 radical (unpaired) electrons. The van der Waals surface area contributed by atoms with Gasteiger partial charge in [-0.2, -0.15) is 4.98 Å². The maximum atomic E-state index is 5.72. The van der Waals surface area contributed by atoms with Gasteiger partial charge < -0.3 is 15.0 Å². The lowest BCUT2D eigenvalue weighted by Gasteiger charge is -2.17. The number of thiazole rings is 1. The summed E-state index contributed by atoms with van der Waals surface area (Å²) < 4.78 is 11.1. The van der Waals surface area contributed by atoms with Crippen LogP contribution in [0.4, 0.5) is 0 Å². The summed E-state index contributed by atoms with van der Waals surface area (Å²) in [7, 11) is 0. The van der Waals surface area contributed by atoms with E-state index < -0.39 is 5.60 Å². The average molecular weight is 280 g/mol. The predicted molar refractivity (Wildman–Crippen MR) is 70.6 cm³/mol. The molecule has 102 valence electrons. The van der Waals surface area contributed by atoms with Crippen molar-refractivity contribution in [1.29, 1.82) is 0 Å². The van der Waals surface area contributed by atoms with Crippen LogP contribution in [-0.4, -0.2) is 21.7 Å². The van der Waals surface area contributed by atoms with E-state index in [9.17, 15) is 0 Å². The van der Waals surface area contributed by atoms with E-state index in [0.717, 1.165) is 35.0 Å². The van der Waals surface area contributed by atoms with Crippen molar-refractivity contribution < 1.29 is 9.26 Å². The zero-order valence-corrected chi connectivity index (χ0v) is 11.8. The second kappa shape index (κ2) is 4.66. The Morgan fingerprint density at radius 1 is 1.42 bits per heavy atom. The molecule has 0 bridgehead atoms. The molecule has 2 aromatic heterocycles. The highest BCUT2D eigenvalue weighted by Crippen LogP contribution is 2.36. The fraction of sp³-hybridized carbons (Fsp3) is 0.583. The number of hydrogen-bond acceptors (Lipinski definition) is 7. The lowest BCUT2D eigenvalue weighted by molar-refractivity contribution is 0.00768. The second-order valence-electron chi connectivity index (χ2n) is 4.83. The molecule has 1 aliphatic heterocycles. The zero-order valence-electron chi connectivity index (χ0n) is 11.0. The summed E-state index contributed by atoms with van der Waals surface area (Å²) in [6, 6.07) is 0. The number of aryl methyl sites for hydroxylation is 1. The molecule has 2 aromatic rings. The standard InChI is InChI=1S/C12H16N4O2S/c1-7-9(19-8(6-13)14-7)10-15-11(16-18-10)12(2)4-3-5-17-12/h3-6,13H2,1-2H3. The van der Waals surface area contributed by atoms with E-state index in [1.54, 1.807) is 0 Å². The first kappa shape index (κ1) is 12.7. The van der Waals surface area contributed by atoms with Gasteiger partial charge in [-0.15, -0.1) is 11.3 Å². The van der Waals surface area contributed by atoms with Gasteiger partial charge in [0.15, 0.2) is 0 Å². The van der Waals surface area contributed by atoms with Crippen LogP contribution in [0.1, 0.15) is 36.3 Å². The van der Waals surface area contributed by atoms with Crippen molar-refractivity contribution in [2.45, 2.75) is 38.8 Å². The molecule has 1 aliphatic rings. The smallest absolute Gasteiger partial charge is 0.270 e. The molecule has 0 saturated carbocycles. The fourth-order valence-electron chi connectivity index (χ4n) is 2.22. The largest absolute Gasteiger partial charge is 0.367 e. The third kappa shape index (κ3) is 2.18. The highest BCUT2D eigenvalue weighted by molar-refractivity contribution is 7.15. The second-order valence-corrected chi connectivity index (χ2v) is 5.92. The van der Waals surface area contributed by atoms with Gasteiger partial charge in [0.05, 0.1) is 5.69 Å². The monoisotopic (exact) mass is 280 g/mol. The highest BCUT2D eigenvalue weighted by atomic mass is 32.1. The van der Waals surface area contributed by atoms with E-state index in [1.165, 1.54) is 11.3 Å². The van der Waals surface area contributed by atoms with Crippen LogP contribution in [0, 0.1) is 6.92 Å². The predicted octanol–water partition coefficient (Wildman–Crippen LogP) is 1.99. The van der Waals surface area contributed by atoms with Crippen molar-refractivity contribution in [3.05, 3.63) is 16.5 Å². The Balaban J connectivity index is 1.94. The highest BCUT2D eigenvalue weighted by Gasteiger charge is 2.37. The maximum absolute atomic E-state index is 5.72. The van der Waals surface area contributed by atoms with Crippen LogP contribution < -0.4 is 5.73 Å². The van der Waals surface area contributed by atoms with E-state index in [1.807, 2.05) is 13.8 Å². The summed E-state index contributed by atoms with van der Waals surface area (Å²) in [4.78, 5) is 9.72. The van der Waals surface area contributed by atoms with E-state index >= 15 is 0 Å². The van der Waals surface area contributed by atoms with Gasteiger partial charge in [0.1, 0.15) is 15.5 Å². The minimum atomic E-state index is -0.420. The summed E-state index contributed by atoms with van der Waals surface area (Å²) in [6.07, 6.45) is 1.94. The zero-order chi connectivity index (χ0) is 13.5. The Morgan fingerprint density at radius 3 is 2.89 bits per heavy atom. The van der Waals surface area contributed by atoms with Gasteiger partial charge in [-0.1, -0.05) is 5.16 Å². The summed E-state index contributed by atoms with van der Waals surface area (Å²) in [5, 5.41) is 4.93. The quantitative estimate of drug-likeness (QED) is 0.925. The molecule has 1 saturated heterocycles. The number of ether oxygens (including phenoxy) is 1. The summed E-state index contributed by atoms with van der Waals surface area (Å²) in [5.41, 5.74) is 6.05. The molecule has 3 heterocycles. The van der Waals surface area contributed by atoms with Crippen LogP contribution in [0.5, 0.6) is 0 Å². The topological polar surface area (TPSA) is 87.1 Å². The molecule has 1 fully saturated rings. The minimum absolute atomic E-state index is 0.420. The molecule has 0 amide bonds. The average Bonchev–Trinajstić information content (AvgIpc) is 3.08. The molecule has 7 heteroatoms. The van der Waals surface area contributed by atoms with Gasteiger partial charge in [-0.05, 0) is 26.7 Å². The van der Waals surface area contributed by atoms with Crippen molar-refractivity contribution in [1.82, 2.24) is 15.1 Å². The maximum Gasteiger partial charge on any atom is 0.270 e. The van der Waals surface area contributed by atoms with Gasteiger partial charge >= 0.3 is 0 Å². The van der Waals surface area contributed by atoms with Gasteiger partial charge in [-0.25, -0.2) is 4.98 Å². The first-order valence-electron chi connectivity index (χ1n) is 6.27. The number of nitrogens with zero attached hydrogens (tertiary/aromatic N) is 3. The fourth-order valence-corrected chi connectivity index (χ4v) is 3.09. The van der Waals surface area contributed by atoms with Crippen LogP contribution >= 0.6 is 11.3 Å². The van der Waals surface area contributed by atoms with E-state index in [-0.39, 0.29) is 0 Å². The lowest BCUT2D eigenvalue weighted by atomic mass is 10.0. The van der Waals surface area contributed by atoms with Crippen molar-refractivity contribution in [2.75, 3.05) is 6.61 Å². The van der Waals surface area contributed by atoms with Crippen molar-refractivity contribution in [3.63, 3.8) is 0 Å². The van der Waals surface area contributed by atoms with E-state index in [2.05, 4.69) is 15.1 Å². The Bertz CT molecular complexity index is 586. The molecule has 2 N–H and O–H groups in total. The Kier molecular flexibility index (Phi) is 3.12. The van der Waals surface area contributed by atoms with E-state index in [4.69, 9.17) is 15.0 Å². The molecule has 3 rings (SSSR count). The van der Waals surface area contributed by atoms with Crippen molar-refractivity contribution in [3.8, 4) is 10.8 Å². The Morgan fingerprint density at radius 2 is 2.26 bits per heavy atom. The third-order valence-electron chi connectivity index (χ3n) is 3.33. The summed E-state index contributed by atoms with van der Waals surface area (Å²) in [5.74, 6) is 1.11. The van der Waals surface area contributed by atoms with Crippen LogP contribution in [0.15, 0.2) is 4.52 Å². The van der Waals surface area contributed by atoms with Gasteiger partial charge in [0, 0.05) is 13.2 Å². The molecular formula is C12H16N4O2S. The van der Waals surface area contributed by atoms with Crippen molar-refractivity contribution >= 4 is 11.3 Å². The molecule has 6 nitrogen and oxygen atoms in total. The number of nitrogens with two attached hydrogens (primary N) is 1. The Hall–Kier alpha value is -1.31. The lowest BCUT2D eigenvalue weighted by Crippen LogP contribution is -2.21. The minimum Gasteiger partial charge on any atom is -0.367 e. The molecule has 0 spiro atoms. The number of hydrogen-bond donors (Lipinski definition) is 1. The molecule has 1 atom stereocenters. The molecule has 0 aromatic carbocycles. The molecular weight excluding hydrogens is 264 g/mol. The first-order valence-corrected chi connectivity index (χ1v) is 7.09. The van der Waals surface area contributed by atoms with E-state index in [0.29, 0.717) is 18.3 Å². The Labute approximate surface area is 115 Å². The van der Waals surface area contributed by atoms with Crippen LogP contribution in [0.25, 0.3) is 10.8 Å². The third-order valence-corrected chi connectivity index (χ3v) is 4.50.